The van der Waals surface area contributed by atoms with Crippen molar-refractivity contribution in [2.45, 2.75) is 0 Å². The van der Waals surface area contributed by atoms with Gasteiger partial charge in [-0.05, 0) is 57.9 Å². The minimum atomic E-state index is 0.351. The van der Waals surface area contributed by atoms with Crippen LogP contribution in [0, 0.1) is 0 Å². The highest BCUT2D eigenvalue weighted by Gasteiger charge is 2.19. The molecule has 0 bridgehead atoms. The van der Waals surface area contributed by atoms with Crippen LogP contribution in [-0.4, -0.2) is 52.9 Å². The molecule has 48 heavy (non-hydrogen) atoms. The summed E-state index contributed by atoms with van der Waals surface area (Å²) in [5.41, 5.74) is 3.20. The van der Waals surface area contributed by atoms with Crippen molar-refractivity contribution in [3.63, 3.8) is 0 Å². The molecule has 242 valence electrons. The molecule has 8 heteroatoms. The normalized spacial score (nSPS) is 14.8. The van der Waals surface area contributed by atoms with Gasteiger partial charge in [0, 0.05) is 11.1 Å². The number of fused-ring (bicyclic) bond motifs is 9. The number of hydrogen-bond acceptors (Lipinski definition) is 8. The Kier molecular flexibility index (Phi) is 10.0. The second kappa shape index (κ2) is 15.4. The van der Waals surface area contributed by atoms with Crippen molar-refractivity contribution in [2.24, 2.45) is 10.2 Å². The van der Waals surface area contributed by atoms with E-state index >= 15 is 0 Å². The Bertz CT molecular complexity index is 1880. The summed E-state index contributed by atoms with van der Waals surface area (Å²) in [5.74, 6) is 2.77. The lowest BCUT2D eigenvalue weighted by molar-refractivity contribution is 0.0762. The van der Waals surface area contributed by atoms with Crippen LogP contribution in [0.4, 0.5) is 11.4 Å². The molecule has 1 aliphatic heterocycles. The van der Waals surface area contributed by atoms with E-state index in [1.165, 1.54) is 0 Å². The molecule has 0 fully saturated rings. The fraction of sp³-hybridized carbons (Fsp3) is 0.200. The first kappa shape index (κ1) is 31.2. The van der Waals surface area contributed by atoms with Gasteiger partial charge in [0.15, 0.2) is 0 Å². The van der Waals surface area contributed by atoms with E-state index in [1.54, 1.807) is 0 Å². The smallest absolute Gasteiger partial charge is 0.146 e. The van der Waals surface area contributed by atoms with Crippen LogP contribution in [0.5, 0.6) is 23.0 Å². The summed E-state index contributed by atoms with van der Waals surface area (Å²) in [6, 6.07) is 40.0. The molecule has 6 aromatic rings. The Balaban J connectivity index is 1.18. The van der Waals surface area contributed by atoms with Crippen LogP contribution >= 0.6 is 0 Å². The van der Waals surface area contributed by atoms with E-state index in [0.717, 1.165) is 44.2 Å². The Hall–Kier alpha value is -5.44. The maximum Gasteiger partial charge on any atom is 0.146 e. The minimum absolute atomic E-state index is 0.351. The number of rotatable bonds is 0. The van der Waals surface area contributed by atoms with E-state index in [0.29, 0.717) is 75.7 Å². The standard InChI is InChI=1S/C40H36N2O6/c1-3-11-31-29(9-1)17-19-37-39(31)40-32-12-4-2-10-30(32)18-20-38(40)48-28-24-44-22-26-46-36-16-8-6-14-34(36)42-41-33-13-5-7-15-35(33)45-25-21-43-23-27-47-37/h1-20H,21-28H2. The second-order valence-corrected chi connectivity index (χ2v) is 11.1. The second-order valence-electron chi connectivity index (χ2n) is 11.1. The Labute approximate surface area is 279 Å². The number of ether oxygens (including phenoxy) is 6. The van der Waals surface area contributed by atoms with Gasteiger partial charge in [-0.15, -0.1) is 10.2 Å². The molecular weight excluding hydrogens is 604 g/mol. The topological polar surface area (TPSA) is 80.1 Å². The van der Waals surface area contributed by atoms with Crippen molar-refractivity contribution < 1.29 is 28.4 Å². The van der Waals surface area contributed by atoms with Crippen LogP contribution in [0.25, 0.3) is 32.7 Å². The third kappa shape index (κ3) is 7.25. The molecule has 0 spiro atoms. The molecule has 1 aliphatic rings. The molecule has 8 nitrogen and oxygen atoms in total. The average Bonchev–Trinajstić information content (AvgIpc) is 3.13. The van der Waals surface area contributed by atoms with Gasteiger partial charge in [0.1, 0.15) is 60.8 Å². The van der Waals surface area contributed by atoms with Crippen molar-refractivity contribution in [1.29, 1.82) is 0 Å². The molecule has 6 aromatic carbocycles. The summed E-state index contributed by atoms with van der Waals surface area (Å²) in [5, 5.41) is 13.3. The zero-order valence-electron chi connectivity index (χ0n) is 26.5. The average molecular weight is 641 g/mol. The van der Waals surface area contributed by atoms with Crippen molar-refractivity contribution in [3.8, 4) is 34.1 Å². The van der Waals surface area contributed by atoms with Gasteiger partial charge < -0.3 is 28.4 Å². The summed E-state index contributed by atoms with van der Waals surface area (Å²) >= 11 is 0. The first-order valence-corrected chi connectivity index (χ1v) is 16.2. The molecule has 0 amide bonds. The third-order valence-electron chi connectivity index (χ3n) is 7.97. The predicted molar refractivity (Wildman–Crippen MR) is 188 cm³/mol. The highest BCUT2D eigenvalue weighted by atomic mass is 16.6. The molecular formula is C40H36N2O6. The SMILES string of the molecule is c1ccc2c(c1)N=Nc1ccccc1OCCOCCOc1ccc3ccccc3c1-c1c(ccc3ccccc13)OCCOCCO2. The predicted octanol–water partition coefficient (Wildman–Crippen LogP) is 9.34. The Morgan fingerprint density at radius 1 is 0.333 bits per heavy atom. The van der Waals surface area contributed by atoms with E-state index < -0.39 is 0 Å². The fourth-order valence-corrected chi connectivity index (χ4v) is 5.74. The molecule has 0 N–H and O–H groups in total. The number of hydrogen-bond donors (Lipinski definition) is 0. The van der Waals surface area contributed by atoms with Crippen molar-refractivity contribution in [1.82, 2.24) is 0 Å². The van der Waals surface area contributed by atoms with Crippen LogP contribution < -0.4 is 18.9 Å². The van der Waals surface area contributed by atoms with Gasteiger partial charge in [-0.2, -0.15) is 0 Å². The lowest BCUT2D eigenvalue weighted by Crippen LogP contribution is -2.13. The van der Waals surface area contributed by atoms with Gasteiger partial charge in [0.25, 0.3) is 0 Å². The van der Waals surface area contributed by atoms with Crippen molar-refractivity contribution in [2.75, 3.05) is 52.9 Å². The number of benzene rings is 6. The van der Waals surface area contributed by atoms with Crippen molar-refractivity contribution in [3.05, 3.63) is 121 Å². The lowest BCUT2D eigenvalue weighted by atomic mass is 9.92. The lowest BCUT2D eigenvalue weighted by Gasteiger charge is -2.20. The zero-order valence-corrected chi connectivity index (χ0v) is 26.5. The van der Waals surface area contributed by atoms with E-state index in [4.69, 9.17) is 28.4 Å². The summed E-state index contributed by atoms with van der Waals surface area (Å²) in [7, 11) is 0. The quantitative estimate of drug-likeness (QED) is 0.165. The van der Waals surface area contributed by atoms with Crippen LogP contribution in [-0.2, 0) is 9.47 Å². The van der Waals surface area contributed by atoms with Gasteiger partial charge in [-0.3, -0.25) is 0 Å². The maximum atomic E-state index is 6.44. The molecule has 0 saturated carbocycles. The van der Waals surface area contributed by atoms with Crippen LogP contribution in [0.15, 0.2) is 132 Å². The molecule has 0 aromatic heterocycles. The fourth-order valence-electron chi connectivity index (χ4n) is 5.74. The molecule has 7 rings (SSSR count). The zero-order chi connectivity index (χ0) is 32.4. The number of para-hydroxylation sites is 2. The molecule has 0 radical (unpaired) electrons. The van der Waals surface area contributed by atoms with E-state index in [9.17, 15) is 0 Å². The Morgan fingerprint density at radius 3 is 1.17 bits per heavy atom. The van der Waals surface area contributed by atoms with E-state index in [2.05, 4.69) is 58.8 Å². The molecule has 0 aliphatic carbocycles. The van der Waals surface area contributed by atoms with Crippen LogP contribution in [0.1, 0.15) is 0 Å². The summed E-state index contributed by atoms with van der Waals surface area (Å²) < 4.78 is 36.7. The molecule has 0 atom stereocenters. The molecule has 0 unspecified atom stereocenters. The van der Waals surface area contributed by atoms with Crippen LogP contribution in [0.2, 0.25) is 0 Å². The number of nitrogens with zero attached hydrogens (tertiary/aromatic N) is 2. The maximum absolute atomic E-state index is 6.44. The van der Waals surface area contributed by atoms with Crippen molar-refractivity contribution >= 4 is 32.9 Å². The van der Waals surface area contributed by atoms with E-state index in [1.807, 2.05) is 72.8 Å². The van der Waals surface area contributed by atoms with Gasteiger partial charge in [-0.1, -0.05) is 84.9 Å². The minimum Gasteiger partial charge on any atom is -0.491 e. The highest BCUT2D eigenvalue weighted by Crippen LogP contribution is 2.45. The summed E-state index contributed by atoms with van der Waals surface area (Å²) in [6.07, 6.45) is 0. The van der Waals surface area contributed by atoms with E-state index in [-0.39, 0.29) is 0 Å². The van der Waals surface area contributed by atoms with Crippen LogP contribution in [0.3, 0.4) is 0 Å². The Morgan fingerprint density at radius 2 is 0.708 bits per heavy atom. The molecule has 1 heterocycles. The summed E-state index contributed by atoms with van der Waals surface area (Å²) in [6.45, 7) is 3.00. The highest BCUT2D eigenvalue weighted by molar-refractivity contribution is 6.09. The first-order valence-electron chi connectivity index (χ1n) is 16.2. The summed E-state index contributed by atoms with van der Waals surface area (Å²) in [4.78, 5) is 0. The largest absolute Gasteiger partial charge is 0.491 e. The van der Waals surface area contributed by atoms with Gasteiger partial charge in [-0.25, -0.2) is 0 Å². The van der Waals surface area contributed by atoms with Gasteiger partial charge in [0.05, 0.1) is 26.4 Å². The van der Waals surface area contributed by atoms with Gasteiger partial charge >= 0.3 is 0 Å². The first-order chi connectivity index (χ1) is 23.8. The number of azo groups is 1. The van der Waals surface area contributed by atoms with Gasteiger partial charge in [0.2, 0.25) is 0 Å². The third-order valence-corrected chi connectivity index (χ3v) is 7.97. The molecule has 0 saturated heterocycles. The monoisotopic (exact) mass is 640 g/mol.